The summed E-state index contributed by atoms with van der Waals surface area (Å²) in [6.45, 7) is 3.24. The Morgan fingerprint density at radius 2 is 2.23 bits per heavy atom. The van der Waals surface area contributed by atoms with Crippen molar-refractivity contribution in [3.8, 4) is 5.75 Å². The Morgan fingerprint density at radius 1 is 1.46 bits per heavy atom. The molecule has 0 saturated carbocycles. The topological polar surface area (TPSA) is 21.3 Å². The first kappa shape index (κ1) is 8.57. The third-order valence-corrected chi connectivity index (χ3v) is 2.58. The highest BCUT2D eigenvalue weighted by Crippen LogP contribution is 2.31. The van der Waals surface area contributed by atoms with Gasteiger partial charge in [0.15, 0.2) is 0 Å². The van der Waals surface area contributed by atoms with Crippen molar-refractivity contribution in [1.82, 2.24) is 5.32 Å². The molecule has 1 fully saturated rings. The Hall–Kier alpha value is -1.02. The first-order valence-electron chi connectivity index (χ1n) is 4.69. The molecule has 1 aromatic carbocycles. The summed E-state index contributed by atoms with van der Waals surface area (Å²) in [6, 6.07) is 6.84. The molecule has 0 amide bonds. The minimum absolute atomic E-state index is 0.509. The SMILES string of the molecule is COc1ccc(C)cc1[C@@H]1CCN1. The number of methoxy groups -OCH3 is 1. The lowest BCUT2D eigenvalue weighted by atomic mass is 9.96. The van der Waals surface area contributed by atoms with Gasteiger partial charge in [0, 0.05) is 11.6 Å². The molecule has 1 heterocycles. The van der Waals surface area contributed by atoms with E-state index in [2.05, 4.69) is 24.4 Å². The van der Waals surface area contributed by atoms with Crippen LogP contribution in [0.5, 0.6) is 5.75 Å². The number of aryl methyl sites for hydroxylation is 1. The van der Waals surface area contributed by atoms with E-state index in [1.807, 2.05) is 6.07 Å². The van der Waals surface area contributed by atoms with Gasteiger partial charge in [-0.15, -0.1) is 0 Å². The summed E-state index contributed by atoms with van der Waals surface area (Å²) in [5.41, 5.74) is 2.60. The summed E-state index contributed by atoms with van der Waals surface area (Å²) in [6.07, 6.45) is 1.22. The molecule has 1 N–H and O–H groups in total. The highest BCUT2D eigenvalue weighted by atomic mass is 16.5. The van der Waals surface area contributed by atoms with Gasteiger partial charge in [-0.1, -0.05) is 17.7 Å². The van der Waals surface area contributed by atoms with Crippen LogP contribution in [0, 0.1) is 6.92 Å². The van der Waals surface area contributed by atoms with Crippen molar-refractivity contribution < 1.29 is 4.74 Å². The lowest BCUT2D eigenvalue weighted by molar-refractivity contribution is 0.353. The van der Waals surface area contributed by atoms with E-state index >= 15 is 0 Å². The Morgan fingerprint density at radius 3 is 2.77 bits per heavy atom. The van der Waals surface area contributed by atoms with Gasteiger partial charge >= 0.3 is 0 Å². The average Bonchev–Trinajstić information content (AvgIpc) is 2.02. The zero-order valence-corrected chi connectivity index (χ0v) is 8.13. The predicted octanol–water partition coefficient (Wildman–Crippen LogP) is 2.04. The third-order valence-electron chi connectivity index (χ3n) is 2.58. The summed E-state index contributed by atoms with van der Waals surface area (Å²) in [4.78, 5) is 0. The molecular formula is C11H15NO. The second kappa shape index (κ2) is 3.38. The summed E-state index contributed by atoms with van der Waals surface area (Å²) >= 11 is 0. The standard InChI is InChI=1S/C11H15NO/c1-8-3-4-11(13-2)9(7-8)10-5-6-12-10/h3-4,7,10,12H,5-6H2,1-2H3/t10-/m0/s1. The molecule has 0 spiro atoms. The van der Waals surface area contributed by atoms with Crippen molar-refractivity contribution in [2.75, 3.05) is 13.7 Å². The Labute approximate surface area is 78.9 Å². The number of benzene rings is 1. The van der Waals surface area contributed by atoms with Gasteiger partial charge in [-0.2, -0.15) is 0 Å². The molecule has 0 unspecified atom stereocenters. The zero-order valence-electron chi connectivity index (χ0n) is 8.13. The monoisotopic (exact) mass is 177 g/mol. The molecule has 1 aliphatic rings. The smallest absolute Gasteiger partial charge is 0.123 e. The molecule has 70 valence electrons. The Kier molecular flexibility index (Phi) is 2.23. The maximum atomic E-state index is 5.32. The third kappa shape index (κ3) is 1.54. The number of hydrogen-bond acceptors (Lipinski definition) is 2. The van der Waals surface area contributed by atoms with Crippen molar-refractivity contribution in [1.29, 1.82) is 0 Å². The molecule has 1 atom stereocenters. The molecule has 1 aliphatic heterocycles. The van der Waals surface area contributed by atoms with Gasteiger partial charge < -0.3 is 10.1 Å². The highest BCUT2D eigenvalue weighted by Gasteiger charge is 2.21. The van der Waals surface area contributed by atoms with Crippen molar-refractivity contribution >= 4 is 0 Å². The summed E-state index contributed by atoms with van der Waals surface area (Å²) in [5.74, 6) is 1.00. The Balaban J connectivity index is 2.33. The molecule has 1 saturated heterocycles. The van der Waals surface area contributed by atoms with E-state index in [1.54, 1.807) is 7.11 Å². The predicted molar refractivity (Wildman–Crippen MR) is 53.1 cm³/mol. The number of nitrogens with one attached hydrogen (secondary N) is 1. The lowest BCUT2D eigenvalue weighted by Crippen LogP contribution is -2.35. The zero-order chi connectivity index (χ0) is 9.26. The maximum absolute atomic E-state index is 5.32. The Bertz CT molecular complexity index is 305. The minimum atomic E-state index is 0.509. The van der Waals surface area contributed by atoms with E-state index in [9.17, 15) is 0 Å². The minimum Gasteiger partial charge on any atom is -0.496 e. The van der Waals surface area contributed by atoms with Gasteiger partial charge in [-0.25, -0.2) is 0 Å². The average molecular weight is 177 g/mol. The molecule has 0 bridgehead atoms. The lowest BCUT2D eigenvalue weighted by Gasteiger charge is -2.29. The normalized spacial score (nSPS) is 20.9. The first-order valence-corrected chi connectivity index (χ1v) is 4.69. The van der Waals surface area contributed by atoms with Crippen LogP contribution in [-0.4, -0.2) is 13.7 Å². The van der Waals surface area contributed by atoms with Crippen LogP contribution in [0.4, 0.5) is 0 Å². The number of rotatable bonds is 2. The van der Waals surface area contributed by atoms with E-state index in [4.69, 9.17) is 4.74 Å². The van der Waals surface area contributed by atoms with Gasteiger partial charge in [0.2, 0.25) is 0 Å². The second-order valence-corrected chi connectivity index (χ2v) is 3.54. The van der Waals surface area contributed by atoms with Crippen LogP contribution in [0.1, 0.15) is 23.6 Å². The molecule has 0 aromatic heterocycles. The van der Waals surface area contributed by atoms with E-state index in [0.29, 0.717) is 6.04 Å². The van der Waals surface area contributed by atoms with Gasteiger partial charge in [0.05, 0.1) is 7.11 Å². The largest absolute Gasteiger partial charge is 0.496 e. The van der Waals surface area contributed by atoms with Crippen molar-refractivity contribution in [3.05, 3.63) is 29.3 Å². The van der Waals surface area contributed by atoms with Gasteiger partial charge in [-0.3, -0.25) is 0 Å². The van der Waals surface area contributed by atoms with Crippen LogP contribution in [0.15, 0.2) is 18.2 Å². The van der Waals surface area contributed by atoms with Crippen LogP contribution >= 0.6 is 0 Å². The molecule has 2 rings (SSSR count). The van der Waals surface area contributed by atoms with Crippen molar-refractivity contribution in [2.24, 2.45) is 0 Å². The van der Waals surface area contributed by atoms with E-state index < -0.39 is 0 Å². The van der Waals surface area contributed by atoms with E-state index in [1.165, 1.54) is 17.5 Å². The maximum Gasteiger partial charge on any atom is 0.123 e. The summed E-state index contributed by atoms with van der Waals surface area (Å²) in [7, 11) is 1.73. The quantitative estimate of drug-likeness (QED) is 0.746. The number of ether oxygens (including phenoxy) is 1. The van der Waals surface area contributed by atoms with Gasteiger partial charge in [0.1, 0.15) is 5.75 Å². The molecule has 0 radical (unpaired) electrons. The molecule has 1 aromatic rings. The van der Waals surface area contributed by atoms with Gasteiger partial charge in [-0.05, 0) is 26.0 Å². The van der Waals surface area contributed by atoms with Crippen molar-refractivity contribution in [3.63, 3.8) is 0 Å². The van der Waals surface area contributed by atoms with E-state index in [-0.39, 0.29) is 0 Å². The fourth-order valence-electron chi connectivity index (χ4n) is 1.68. The molecule has 2 heteroatoms. The van der Waals surface area contributed by atoms with Crippen LogP contribution < -0.4 is 10.1 Å². The van der Waals surface area contributed by atoms with Crippen LogP contribution in [-0.2, 0) is 0 Å². The van der Waals surface area contributed by atoms with E-state index in [0.717, 1.165) is 12.3 Å². The van der Waals surface area contributed by atoms with Crippen LogP contribution in [0.25, 0.3) is 0 Å². The molecule has 13 heavy (non-hydrogen) atoms. The molecule has 2 nitrogen and oxygen atoms in total. The summed E-state index contributed by atoms with van der Waals surface area (Å²) in [5, 5.41) is 3.38. The molecule has 0 aliphatic carbocycles. The highest BCUT2D eigenvalue weighted by molar-refractivity contribution is 5.39. The first-order chi connectivity index (χ1) is 6.31. The number of hydrogen-bond donors (Lipinski definition) is 1. The molecular weight excluding hydrogens is 162 g/mol. The van der Waals surface area contributed by atoms with Crippen LogP contribution in [0.2, 0.25) is 0 Å². The fourth-order valence-corrected chi connectivity index (χ4v) is 1.68. The fraction of sp³-hybridized carbons (Fsp3) is 0.455. The van der Waals surface area contributed by atoms with Crippen LogP contribution in [0.3, 0.4) is 0 Å². The van der Waals surface area contributed by atoms with Gasteiger partial charge in [0.25, 0.3) is 0 Å². The second-order valence-electron chi connectivity index (χ2n) is 3.54. The van der Waals surface area contributed by atoms with Crippen molar-refractivity contribution in [2.45, 2.75) is 19.4 Å². The summed E-state index contributed by atoms with van der Waals surface area (Å²) < 4.78 is 5.32.